The Morgan fingerprint density at radius 3 is 2.27 bits per heavy atom. The van der Waals surface area contributed by atoms with Crippen molar-refractivity contribution in [2.45, 2.75) is 31.5 Å². The maximum atomic E-state index is 7.46. The molecule has 2 bridgehead atoms. The molecule has 0 radical (unpaired) electrons. The molecule has 9 rings (SSSR count). The third kappa shape index (κ3) is 5.67. The van der Waals surface area contributed by atoms with E-state index in [1.807, 2.05) is 72.9 Å². The number of rotatable bonds is 9. The normalized spacial score (nSPS) is 22.3. The smallest absolute Gasteiger partial charge is 0.227 e. The fourth-order valence-corrected chi connectivity index (χ4v) is 8.48. The van der Waals surface area contributed by atoms with Gasteiger partial charge in [-0.2, -0.15) is 4.98 Å². The Labute approximate surface area is 287 Å². The van der Waals surface area contributed by atoms with Crippen LogP contribution < -0.4 is 4.74 Å². The van der Waals surface area contributed by atoms with Crippen LogP contribution in [0.1, 0.15) is 30.1 Å². The van der Waals surface area contributed by atoms with E-state index in [9.17, 15) is 0 Å². The summed E-state index contributed by atoms with van der Waals surface area (Å²) in [4.78, 5) is 14.7. The Morgan fingerprint density at radius 2 is 1.52 bits per heavy atom. The van der Waals surface area contributed by atoms with Crippen molar-refractivity contribution in [2.24, 2.45) is 11.8 Å². The topological polar surface area (TPSA) is 47.9 Å². The number of para-hydroxylation sites is 1. The van der Waals surface area contributed by atoms with Crippen LogP contribution >= 0.6 is 11.6 Å². The fourth-order valence-electron chi connectivity index (χ4n) is 8.21. The quantitative estimate of drug-likeness (QED) is 0.0889. The minimum atomic E-state index is -0.327. The molecule has 2 aromatic heterocycles. The van der Waals surface area contributed by atoms with Gasteiger partial charge in [-0.1, -0.05) is 127 Å². The zero-order chi connectivity index (χ0) is 32.5. The maximum Gasteiger partial charge on any atom is 0.227 e. The van der Waals surface area contributed by atoms with Gasteiger partial charge in [-0.15, -0.1) is 6.58 Å². The molecule has 0 spiro atoms. The minimum absolute atomic E-state index is 0.156. The molecule has 5 nitrogen and oxygen atoms in total. The first-order valence-electron chi connectivity index (χ1n) is 16.8. The highest BCUT2D eigenvalue weighted by molar-refractivity contribution is 6.32. The van der Waals surface area contributed by atoms with Gasteiger partial charge in [-0.3, -0.25) is 4.98 Å². The number of benzene rings is 4. The summed E-state index contributed by atoms with van der Waals surface area (Å²) in [6.45, 7) is 7.33. The zero-order valence-corrected chi connectivity index (χ0v) is 27.6. The lowest BCUT2D eigenvalue weighted by molar-refractivity contribution is -0.984. The molecule has 3 fully saturated rings. The summed E-state index contributed by atoms with van der Waals surface area (Å²) in [5.41, 5.74) is 5.92. The largest absolute Gasteiger partial charge is 0.462 e. The van der Waals surface area contributed by atoms with E-state index >= 15 is 0 Å². The minimum Gasteiger partial charge on any atom is -0.462 e. The van der Waals surface area contributed by atoms with Crippen LogP contribution in [0.3, 0.4) is 0 Å². The van der Waals surface area contributed by atoms with E-state index in [-0.39, 0.29) is 12.1 Å². The summed E-state index contributed by atoms with van der Waals surface area (Å²) < 4.78 is 8.38. The van der Waals surface area contributed by atoms with Gasteiger partial charge in [-0.25, -0.2) is 4.98 Å². The Kier molecular flexibility index (Phi) is 8.25. The van der Waals surface area contributed by atoms with Gasteiger partial charge in [0, 0.05) is 47.0 Å². The van der Waals surface area contributed by atoms with Crippen LogP contribution in [0.4, 0.5) is 0 Å². The Morgan fingerprint density at radius 1 is 0.833 bits per heavy atom. The van der Waals surface area contributed by atoms with Crippen molar-refractivity contribution in [2.75, 3.05) is 13.1 Å². The van der Waals surface area contributed by atoms with Crippen LogP contribution in [0.15, 0.2) is 140 Å². The predicted molar refractivity (Wildman–Crippen MR) is 193 cm³/mol. The van der Waals surface area contributed by atoms with Crippen molar-refractivity contribution in [3.05, 3.63) is 156 Å². The highest BCUT2D eigenvalue weighted by Crippen LogP contribution is 2.50. The van der Waals surface area contributed by atoms with E-state index in [2.05, 4.69) is 67.3 Å². The third-order valence-corrected chi connectivity index (χ3v) is 10.8. The molecule has 3 saturated heterocycles. The van der Waals surface area contributed by atoms with E-state index in [0.29, 0.717) is 34.3 Å². The highest BCUT2D eigenvalue weighted by atomic mass is 35.5. The van der Waals surface area contributed by atoms with Crippen LogP contribution in [0.25, 0.3) is 33.4 Å². The molecule has 3 aliphatic rings. The summed E-state index contributed by atoms with van der Waals surface area (Å²) in [6.07, 6.45) is 5.98. The molecule has 238 valence electrons. The van der Waals surface area contributed by atoms with Gasteiger partial charge in [-0.05, 0) is 23.6 Å². The number of halogens is 1. The van der Waals surface area contributed by atoms with Crippen molar-refractivity contribution in [1.29, 1.82) is 0 Å². The Bertz CT molecular complexity index is 2050. The molecule has 1 unspecified atom stereocenters. The molecule has 3 aliphatic heterocycles. The average Bonchev–Trinajstić information content (AvgIpc) is 3.14. The predicted octanol–water partition coefficient (Wildman–Crippen LogP) is 9.74. The van der Waals surface area contributed by atoms with Crippen molar-refractivity contribution in [3.63, 3.8) is 0 Å². The lowest BCUT2D eigenvalue weighted by Gasteiger charge is -2.58. The van der Waals surface area contributed by atoms with E-state index in [0.717, 1.165) is 58.1 Å². The second-order valence-electron chi connectivity index (χ2n) is 13.2. The molecule has 5 heterocycles. The Balaban J connectivity index is 1.33. The van der Waals surface area contributed by atoms with Gasteiger partial charge in [0.15, 0.2) is 11.9 Å². The SMILES string of the molecule is C=C[C@H]1C[N+]2(Cc3ccccc3)CC[C@H]1C[C@@H]2[C@@H](Oc1nc(-c2ccccc2)nc(Cl)c1-c1ccccc1)c1ccnc2ccccc12. The lowest BCUT2D eigenvalue weighted by Crippen LogP contribution is -2.68. The first kappa shape index (κ1) is 30.5. The maximum absolute atomic E-state index is 7.46. The van der Waals surface area contributed by atoms with Crippen LogP contribution in [0.2, 0.25) is 5.15 Å². The molecule has 6 aromatic rings. The summed E-state index contributed by atoms with van der Waals surface area (Å²) in [5.74, 6) is 2.04. The van der Waals surface area contributed by atoms with Crippen molar-refractivity contribution in [3.8, 4) is 28.4 Å². The number of hydrogen-bond acceptors (Lipinski definition) is 4. The van der Waals surface area contributed by atoms with Gasteiger partial charge in [0.2, 0.25) is 5.88 Å². The number of piperidine rings is 3. The lowest BCUT2D eigenvalue weighted by atomic mass is 9.71. The van der Waals surface area contributed by atoms with E-state index in [1.165, 1.54) is 12.0 Å². The van der Waals surface area contributed by atoms with Gasteiger partial charge in [0.1, 0.15) is 17.7 Å². The summed E-state index contributed by atoms with van der Waals surface area (Å²) >= 11 is 7.11. The standard InChI is InChI=1S/C42H38ClN4O/c1-2-30-28-47(27-29-14-6-3-7-15-29)25-23-33(30)26-37(47)39(35-22-24-44-36-21-13-12-20-34(35)36)48-42-38(31-16-8-4-9-17-31)40(43)45-41(46-42)32-18-10-5-11-19-32/h2-22,24,30,33,37,39H,1,23,25-28H2/q+1/t30-,33-,37+,39-,47?/m0/s1. The number of quaternary nitrogens is 1. The molecular formula is C42H38ClN4O+. The van der Waals surface area contributed by atoms with Gasteiger partial charge >= 0.3 is 0 Å². The van der Waals surface area contributed by atoms with Crippen LogP contribution in [0, 0.1) is 11.8 Å². The number of hydrogen-bond donors (Lipinski definition) is 0. The first-order chi connectivity index (χ1) is 23.6. The van der Waals surface area contributed by atoms with Gasteiger partial charge in [0.25, 0.3) is 0 Å². The number of nitrogens with zero attached hydrogens (tertiary/aromatic N) is 4. The van der Waals surface area contributed by atoms with Crippen molar-refractivity contribution >= 4 is 22.5 Å². The fraction of sp³-hybridized carbons (Fsp3) is 0.214. The molecule has 0 amide bonds. The zero-order valence-electron chi connectivity index (χ0n) is 26.8. The summed E-state index contributed by atoms with van der Waals surface area (Å²) in [7, 11) is 0. The second kappa shape index (κ2) is 13.0. The number of aromatic nitrogens is 3. The van der Waals surface area contributed by atoms with E-state index < -0.39 is 0 Å². The summed E-state index contributed by atoms with van der Waals surface area (Å²) in [6, 6.07) is 41.7. The molecule has 0 saturated carbocycles. The monoisotopic (exact) mass is 649 g/mol. The van der Waals surface area contributed by atoms with Crippen LogP contribution in [-0.4, -0.2) is 38.6 Å². The molecule has 0 N–H and O–H groups in total. The van der Waals surface area contributed by atoms with Gasteiger partial charge < -0.3 is 9.22 Å². The molecule has 4 aromatic carbocycles. The van der Waals surface area contributed by atoms with Crippen LogP contribution in [0.5, 0.6) is 5.88 Å². The number of pyridine rings is 1. The van der Waals surface area contributed by atoms with Crippen molar-refractivity contribution < 1.29 is 9.22 Å². The van der Waals surface area contributed by atoms with E-state index in [1.54, 1.807) is 0 Å². The highest BCUT2D eigenvalue weighted by Gasteiger charge is 2.55. The molecule has 48 heavy (non-hydrogen) atoms. The molecule has 6 heteroatoms. The third-order valence-electron chi connectivity index (χ3n) is 10.5. The molecule has 0 aliphatic carbocycles. The molecule has 5 atom stereocenters. The summed E-state index contributed by atoms with van der Waals surface area (Å²) in [5, 5.41) is 1.46. The average molecular weight is 650 g/mol. The van der Waals surface area contributed by atoms with Crippen LogP contribution in [-0.2, 0) is 6.54 Å². The van der Waals surface area contributed by atoms with Gasteiger partial charge in [0.05, 0.1) is 24.2 Å². The number of fused-ring (bicyclic) bond motifs is 4. The van der Waals surface area contributed by atoms with Crippen molar-refractivity contribution in [1.82, 2.24) is 15.0 Å². The Hall–Kier alpha value is -4.84. The first-order valence-corrected chi connectivity index (χ1v) is 17.2. The second-order valence-corrected chi connectivity index (χ2v) is 13.6. The van der Waals surface area contributed by atoms with E-state index in [4.69, 9.17) is 31.3 Å². The number of ether oxygens (including phenoxy) is 1. The molecular weight excluding hydrogens is 612 g/mol.